The van der Waals surface area contributed by atoms with Crippen molar-refractivity contribution in [3.05, 3.63) is 48.8 Å². The largest absolute Gasteiger partial charge is 0.496 e. The molecule has 96 valence electrons. The van der Waals surface area contributed by atoms with Crippen molar-refractivity contribution in [2.24, 2.45) is 0 Å². The molecule has 3 rings (SSSR count). The first kappa shape index (κ1) is 11.5. The molecule has 0 bridgehead atoms. The van der Waals surface area contributed by atoms with E-state index in [1.807, 2.05) is 35.0 Å². The van der Waals surface area contributed by atoms with Crippen LogP contribution in [-0.2, 0) is 6.54 Å². The third kappa shape index (κ3) is 2.33. The van der Waals surface area contributed by atoms with Crippen LogP contribution in [-0.4, -0.2) is 26.8 Å². The molecular formula is C13H12N4O2. The molecule has 2 heterocycles. The van der Waals surface area contributed by atoms with E-state index in [4.69, 9.17) is 9.26 Å². The number of rotatable bonds is 4. The van der Waals surface area contributed by atoms with Crippen molar-refractivity contribution < 1.29 is 9.26 Å². The molecule has 0 unspecified atom stereocenters. The zero-order valence-corrected chi connectivity index (χ0v) is 10.4. The summed E-state index contributed by atoms with van der Waals surface area (Å²) in [5.74, 6) is 1.76. The Hall–Kier alpha value is -2.63. The molecule has 0 aliphatic carbocycles. The number of ether oxygens (including phenoxy) is 1. The van der Waals surface area contributed by atoms with E-state index in [0.717, 1.165) is 5.56 Å². The summed E-state index contributed by atoms with van der Waals surface area (Å²) in [6.45, 7) is 0.526. The molecule has 19 heavy (non-hydrogen) atoms. The quantitative estimate of drug-likeness (QED) is 0.714. The first-order chi connectivity index (χ1) is 9.36. The summed E-state index contributed by atoms with van der Waals surface area (Å²) in [7, 11) is 1.61. The minimum Gasteiger partial charge on any atom is -0.496 e. The van der Waals surface area contributed by atoms with Gasteiger partial charge in [-0.15, -0.1) is 0 Å². The van der Waals surface area contributed by atoms with Crippen molar-refractivity contribution in [2.45, 2.75) is 6.54 Å². The zero-order chi connectivity index (χ0) is 13.1. The summed E-state index contributed by atoms with van der Waals surface area (Å²) in [4.78, 5) is 8.33. The van der Waals surface area contributed by atoms with E-state index in [0.29, 0.717) is 24.0 Å². The molecule has 3 aromatic rings. The smallest absolute Gasteiger partial charge is 0.261 e. The van der Waals surface area contributed by atoms with Gasteiger partial charge in [-0.25, -0.2) is 4.98 Å². The van der Waals surface area contributed by atoms with Crippen LogP contribution < -0.4 is 4.74 Å². The second kappa shape index (κ2) is 4.93. The number of benzene rings is 1. The van der Waals surface area contributed by atoms with Crippen LogP contribution in [0.3, 0.4) is 0 Å². The van der Waals surface area contributed by atoms with Crippen molar-refractivity contribution in [1.29, 1.82) is 0 Å². The number of hydrogen-bond acceptors (Lipinski definition) is 5. The Morgan fingerprint density at radius 1 is 1.32 bits per heavy atom. The molecule has 0 amide bonds. The fourth-order valence-electron chi connectivity index (χ4n) is 1.79. The topological polar surface area (TPSA) is 66.0 Å². The number of para-hydroxylation sites is 1. The standard InChI is InChI=1S/C13H12N4O2/c1-18-11-5-3-2-4-10(11)13-15-12(16-19-13)8-17-7-6-14-9-17/h2-7,9H,8H2,1H3. The van der Waals surface area contributed by atoms with Gasteiger partial charge >= 0.3 is 0 Å². The van der Waals surface area contributed by atoms with Crippen molar-refractivity contribution in [1.82, 2.24) is 19.7 Å². The molecule has 0 saturated carbocycles. The van der Waals surface area contributed by atoms with Crippen molar-refractivity contribution in [2.75, 3.05) is 7.11 Å². The summed E-state index contributed by atoms with van der Waals surface area (Å²) < 4.78 is 12.4. The first-order valence-corrected chi connectivity index (χ1v) is 5.78. The molecule has 0 atom stereocenters. The van der Waals surface area contributed by atoms with Crippen LogP contribution in [0.5, 0.6) is 5.75 Å². The molecular weight excluding hydrogens is 244 g/mol. The second-order valence-electron chi connectivity index (χ2n) is 3.95. The third-order valence-electron chi connectivity index (χ3n) is 2.69. The molecule has 6 heteroatoms. The summed E-state index contributed by atoms with van der Waals surface area (Å²) >= 11 is 0. The van der Waals surface area contributed by atoms with Crippen molar-refractivity contribution in [3.63, 3.8) is 0 Å². The van der Waals surface area contributed by atoms with Gasteiger partial charge in [0.15, 0.2) is 5.82 Å². The molecule has 0 saturated heterocycles. The molecule has 0 spiro atoms. The van der Waals surface area contributed by atoms with Gasteiger partial charge in [-0.2, -0.15) is 4.98 Å². The van der Waals surface area contributed by atoms with Gasteiger partial charge in [0.05, 0.1) is 25.5 Å². The zero-order valence-electron chi connectivity index (χ0n) is 10.4. The highest BCUT2D eigenvalue weighted by atomic mass is 16.5. The molecule has 0 radical (unpaired) electrons. The Bertz CT molecular complexity index is 661. The van der Waals surface area contributed by atoms with Gasteiger partial charge < -0.3 is 13.8 Å². The second-order valence-corrected chi connectivity index (χ2v) is 3.95. The third-order valence-corrected chi connectivity index (χ3v) is 2.69. The number of hydrogen-bond donors (Lipinski definition) is 0. The molecule has 2 aromatic heterocycles. The Labute approximate surface area is 109 Å². The lowest BCUT2D eigenvalue weighted by Crippen LogP contribution is -1.98. The summed E-state index contributed by atoms with van der Waals surface area (Å²) in [6.07, 6.45) is 5.26. The van der Waals surface area contributed by atoms with E-state index in [9.17, 15) is 0 Å². The van der Waals surface area contributed by atoms with Crippen molar-refractivity contribution >= 4 is 0 Å². The maximum atomic E-state index is 5.27. The van der Waals surface area contributed by atoms with Crippen LogP contribution in [0.1, 0.15) is 5.82 Å². The maximum absolute atomic E-state index is 5.27. The molecule has 0 aliphatic rings. The minimum absolute atomic E-state index is 0.451. The van der Waals surface area contributed by atoms with Gasteiger partial charge in [0.2, 0.25) is 0 Å². The molecule has 6 nitrogen and oxygen atoms in total. The molecule has 1 aromatic carbocycles. The lowest BCUT2D eigenvalue weighted by atomic mass is 10.2. The lowest BCUT2D eigenvalue weighted by molar-refractivity contribution is 0.402. The Kier molecular flexibility index (Phi) is 2.97. The highest BCUT2D eigenvalue weighted by molar-refractivity contribution is 5.62. The number of imidazole rings is 1. The number of methoxy groups -OCH3 is 1. The van der Waals surface area contributed by atoms with Crippen LogP contribution in [0.25, 0.3) is 11.5 Å². The van der Waals surface area contributed by atoms with E-state index in [1.165, 1.54) is 0 Å². The van der Waals surface area contributed by atoms with Gasteiger partial charge in [-0.05, 0) is 12.1 Å². The average molecular weight is 256 g/mol. The van der Waals surface area contributed by atoms with Gasteiger partial charge in [-0.3, -0.25) is 0 Å². The van der Waals surface area contributed by atoms with E-state index in [-0.39, 0.29) is 0 Å². The van der Waals surface area contributed by atoms with Crippen LogP contribution >= 0.6 is 0 Å². The van der Waals surface area contributed by atoms with Crippen molar-refractivity contribution in [3.8, 4) is 17.2 Å². The highest BCUT2D eigenvalue weighted by Crippen LogP contribution is 2.27. The predicted octanol–water partition coefficient (Wildman–Crippen LogP) is 1.99. The number of nitrogens with zero attached hydrogens (tertiary/aromatic N) is 4. The monoisotopic (exact) mass is 256 g/mol. The van der Waals surface area contributed by atoms with E-state index >= 15 is 0 Å². The fourth-order valence-corrected chi connectivity index (χ4v) is 1.79. The Balaban J connectivity index is 1.88. The first-order valence-electron chi connectivity index (χ1n) is 5.78. The lowest BCUT2D eigenvalue weighted by Gasteiger charge is -2.02. The maximum Gasteiger partial charge on any atom is 0.261 e. The van der Waals surface area contributed by atoms with Gasteiger partial charge in [0, 0.05) is 12.4 Å². The molecule has 0 fully saturated rings. The van der Waals surface area contributed by atoms with Crippen LogP contribution in [0.15, 0.2) is 47.5 Å². The van der Waals surface area contributed by atoms with E-state index < -0.39 is 0 Å². The summed E-state index contributed by atoms with van der Waals surface area (Å²) in [6, 6.07) is 7.53. The number of aromatic nitrogens is 4. The summed E-state index contributed by atoms with van der Waals surface area (Å²) in [5, 5.41) is 3.95. The molecule has 0 N–H and O–H groups in total. The Morgan fingerprint density at radius 2 is 2.21 bits per heavy atom. The van der Waals surface area contributed by atoms with Crippen LogP contribution in [0.4, 0.5) is 0 Å². The molecule has 0 aliphatic heterocycles. The van der Waals surface area contributed by atoms with E-state index in [1.54, 1.807) is 19.6 Å². The van der Waals surface area contributed by atoms with E-state index in [2.05, 4.69) is 15.1 Å². The summed E-state index contributed by atoms with van der Waals surface area (Å²) in [5.41, 5.74) is 0.786. The Morgan fingerprint density at radius 3 is 3.00 bits per heavy atom. The van der Waals surface area contributed by atoms with Gasteiger partial charge in [0.1, 0.15) is 5.75 Å². The van der Waals surface area contributed by atoms with Crippen LogP contribution in [0.2, 0.25) is 0 Å². The highest BCUT2D eigenvalue weighted by Gasteiger charge is 2.13. The fraction of sp³-hybridized carbons (Fsp3) is 0.154. The predicted molar refractivity (Wildman–Crippen MR) is 67.6 cm³/mol. The minimum atomic E-state index is 0.451. The van der Waals surface area contributed by atoms with Gasteiger partial charge in [0.25, 0.3) is 5.89 Å². The van der Waals surface area contributed by atoms with Gasteiger partial charge in [-0.1, -0.05) is 17.3 Å². The SMILES string of the molecule is COc1ccccc1-c1nc(Cn2ccnc2)no1. The van der Waals surface area contributed by atoms with Crippen LogP contribution in [0, 0.1) is 0 Å². The normalized spacial score (nSPS) is 10.6. The average Bonchev–Trinajstić information content (AvgIpc) is 3.11.